The van der Waals surface area contributed by atoms with E-state index in [1.54, 1.807) is 4.68 Å². The smallest absolute Gasteiger partial charge is 0.321 e. The van der Waals surface area contributed by atoms with Gasteiger partial charge < -0.3 is 10.8 Å². The predicted molar refractivity (Wildman–Crippen MR) is 73.9 cm³/mol. The monoisotopic (exact) mass is 291 g/mol. The molecule has 7 heteroatoms. The zero-order chi connectivity index (χ0) is 14.1. The molecule has 0 spiro atoms. The highest BCUT2D eigenvalue weighted by atomic mass is 35.5. The lowest BCUT2D eigenvalue weighted by Crippen LogP contribution is -2.46. The van der Waals surface area contributed by atoms with Crippen molar-refractivity contribution < 1.29 is 9.90 Å². The Bertz CT molecular complexity index is 459. The average molecular weight is 292 g/mol. The molecule has 0 aliphatic carbocycles. The molecule has 0 saturated heterocycles. The van der Waals surface area contributed by atoms with E-state index in [2.05, 4.69) is 5.10 Å². The van der Waals surface area contributed by atoms with Crippen LogP contribution in [0.25, 0.3) is 0 Å². The van der Waals surface area contributed by atoms with Gasteiger partial charge in [-0.3, -0.25) is 9.48 Å². The van der Waals surface area contributed by atoms with Crippen LogP contribution in [-0.2, 0) is 17.6 Å². The van der Waals surface area contributed by atoms with Crippen molar-refractivity contribution in [3.63, 3.8) is 0 Å². The highest BCUT2D eigenvalue weighted by molar-refractivity contribution is 7.99. The molecule has 3 N–H and O–H groups in total. The minimum Gasteiger partial charge on any atom is -0.480 e. The summed E-state index contributed by atoms with van der Waals surface area (Å²) in [5, 5.41) is 13.8. The van der Waals surface area contributed by atoms with E-state index < -0.39 is 16.8 Å². The third kappa shape index (κ3) is 3.18. The molecule has 0 unspecified atom stereocenters. The second kappa shape index (κ2) is 5.50. The summed E-state index contributed by atoms with van der Waals surface area (Å²) in [6.45, 7) is 5.46. The fraction of sp³-hybridized carbons (Fsp3) is 0.636. The van der Waals surface area contributed by atoms with Crippen LogP contribution in [-0.4, -0.2) is 31.6 Å². The Labute approximate surface area is 116 Å². The van der Waals surface area contributed by atoms with Gasteiger partial charge >= 0.3 is 5.97 Å². The van der Waals surface area contributed by atoms with Gasteiger partial charge in [-0.1, -0.05) is 11.6 Å². The van der Waals surface area contributed by atoms with Crippen LogP contribution in [0.15, 0.2) is 0 Å². The minimum atomic E-state index is -1.00. The molecule has 0 fully saturated rings. The van der Waals surface area contributed by atoms with E-state index in [-0.39, 0.29) is 0 Å². The number of nitrogens with two attached hydrogens (primary N) is 1. The quantitative estimate of drug-likeness (QED) is 0.865. The summed E-state index contributed by atoms with van der Waals surface area (Å²) in [6, 6.07) is -0.921. The molecule has 1 atom stereocenters. The highest BCUT2D eigenvalue weighted by Gasteiger charge is 2.33. The summed E-state index contributed by atoms with van der Waals surface area (Å²) in [4.78, 5) is 10.9. The summed E-state index contributed by atoms with van der Waals surface area (Å²) in [6.07, 6.45) is 0. The number of hydrogen-bond acceptors (Lipinski definition) is 4. The zero-order valence-electron chi connectivity index (χ0n) is 10.9. The van der Waals surface area contributed by atoms with Gasteiger partial charge in [0.05, 0.1) is 16.4 Å². The van der Waals surface area contributed by atoms with Crippen molar-refractivity contribution in [2.24, 2.45) is 12.8 Å². The number of halogens is 1. The molecule has 0 saturated carbocycles. The molecule has 18 heavy (non-hydrogen) atoms. The van der Waals surface area contributed by atoms with Gasteiger partial charge in [0.1, 0.15) is 6.04 Å². The highest BCUT2D eigenvalue weighted by Crippen LogP contribution is 2.33. The molecular weight excluding hydrogens is 274 g/mol. The van der Waals surface area contributed by atoms with Gasteiger partial charge in [0.25, 0.3) is 0 Å². The maximum atomic E-state index is 10.9. The SMILES string of the molecule is Cc1nn(C)c(CSC(C)(C)[C@@H](N)C(=O)O)c1Cl. The Balaban J connectivity index is 2.79. The number of carbonyl (C=O) groups is 1. The molecule has 0 amide bonds. The number of thioether (sulfide) groups is 1. The van der Waals surface area contributed by atoms with Gasteiger partial charge in [-0.25, -0.2) is 0 Å². The van der Waals surface area contributed by atoms with E-state index in [0.717, 1.165) is 11.4 Å². The summed E-state index contributed by atoms with van der Waals surface area (Å²) in [5.74, 6) is -0.427. The second-order valence-electron chi connectivity index (χ2n) is 4.68. The number of hydrogen-bond donors (Lipinski definition) is 2. The lowest BCUT2D eigenvalue weighted by Gasteiger charge is -2.27. The van der Waals surface area contributed by atoms with Crippen molar-refractivity contribution in [1.82, 2.24) is 9.78 Å². The van der Waals surface area contributed by atoms with Crippen molar-refractivity contribution in [1.29, 1.82) is 0 Å². The number of nitrogens with zero attached hydrogens (tertiary/aromatic N) is 2. The molecule has 0 aliphatic rings. The van der Waals surface area contributed by atoms with Crippen LogP contribution in [0.2, 0.25) is 5.02 Å². The lowest BCUT2D eigenvalue weighted by atomic mass is 10.1. The Morgan fingerprint density at radius 3 is 2.61 bits per heavy atom. The molecule has 0 bridgehead atoms. The third-order valence-electron chi connectivity index (χ3n) is 2.86. The molecule has 0 aromatic carbocycles. The number of aliphatic carboxylic acids is 1. The van der Waals surface area contributed by atoms with Gasteiger partial charge in [0.15, 0.2) is 0 Å². The summed E-state index contributed by atoms with van der Waals surface area (Å²) < 4.78 is 1.14. The molecule has 0 aliphatic heterocycles. The fourth-order valence-electron chi connectivity index (χ4n) is 1.48. The third-order valence-corrected chi connectivity index (χ3v) is 4.76. The first kappa shape index (κ1) is 15.3. The molecular formula is C11H18ClN3O2S. The van der Waals surface area contributed by atoms with Crippen molar-refractivity contribution in [2.45, 2.75) is 37.3 Å². The Morgan fingerprint density at radius 2 is 2.22 bits per heavy atom. The zero-order valence-corrected chi connectivity index (χ0v) is 12.5. The van der Waals surface area contributed by atoms with Crippen LogP contribution in [0.4, 0.5) is 0 Å². The van der Waals surface area contributed by atoms with Gasteiger partial charge in [-0.15, -0.1) is 11.8 Å². The maximum absolute atomic E-state index is 10.9. The van der Waals surface area contributed by atoms with Gasteiger partial charge in [-0.05, 0) is 20.8 Å². The van der Waals surface area contributed by atoms with Gasteiger partial charge in [0.2, 0.25) is 0 Å². The van der Waals surface area contributed by atoms with Crippen molar-refractivity contribution in [3.05, 3.63) is 16.4 Å². The van der Waals surface area contributed by atoms with Crippen LogP contribution in [0, 0.1) is 6.92 Å². The molecule has 1 aromatic rings. The Kier molecular flexibility index (Phi) is 4.69. The van der Waals surface area contributed by atoms with Gasteiger partial charge in [0, 0.05) is 17.5 Å². The summed E-state index contributed by atoms with van der Waals surface area (Å²) in [7, 11) is 1.82. The lowest BCUT2D eigenvalue weighted by molar-refractivity contribution is -0.139. The van der Waals surface area contributed by atoms with Crippen molar-refractivity contribution in [3.8, 4) is 0 Å². The average Bonchev–Trinajstić information content (AvgIpc) is 2.50. The first-order valence-electron chi connectivity index (χ1n) is 5.47. The number of aryl methyl sites for hydroxylation is 2. The fourth-order valence-corrected chi connectivity index (χ4v) is 2.90. The first-order valence-corrected chi connectivity index (χ1v) is 6.83. The number of rotatable bonds is 5. The number of carboxylic acids is 1. The molecule has 5 nitrogen and oxygen atoms in total. The summed E-state index contributed by atoms with van der Waals surface area (Å²) >= 11 is 7.60. The van der Waals surface area contributed by atoms with Crippen molar-refractivity contribution >= 4 is 29.3 Å². The molecule has 1 aromatic heterocycles. The van der Waals surface area contributed by atoms with Crippen LogP contribution in [0.5, 0.6) is 0 Å². The standard InChI is InChI=1S/C11H18ClN3O2S/c1-6-8(12)7(15(4)14-6)5-18-11(2,3)9(13)10(16)17/h9H,5,13H2,1-4H3,(H,16,17)/t9-/m0/s1. The summed E-state index contributed by atoms with van der Waals surface area (Å²) in [5.41, 5.74) is 7.32. The first-order chi connectivity index (χ1) is 8.16. The van der Waals surface area contributed by atoms with E-state index >= 15 is 0 Å². The van der Waals surface area contributed by atoms with E-state index in [0.29, 0.717) is 10.8 Å². The Hall–Kier alpha value is -0.720. The number of carboxylic acid groups (broad SMARTS) is 1. The molecule has 1 rings (SSSR count). The molecule has 1 heterocycles. The van der Waals surface area contributed by atoms with E-state index in [1.165, 1.54) is 11.8 Å². The number of aromatic nitrogens is 2. The molecule has 102 valence electrons. The van der Waals surface area contributed by atoms with Crippen LogP contribution < -0.4 is 5.73 Å². The maximum Gasteiger partial charge on any atom is 0.321 e. The van der Waals surface area contributed by atoms with Crippen LogP contribution in [0.3, 0.4) is 0 Å². The Morgan fingerprint density at radius 1 is 1.67 bits per heavy atom. The van der Waals surface area contributed by atoms with Gasteiger partial charge in [-0.2, -0.15) is 5.10 Å². The minimum absolute atomic E-state index is 0.574. The second-order valence-corrected chi connectivity index (χ2v) is 6.69. The van der Waals surface area contributed by atoms with E-state index in [9.17, 15) is 4.79 Å². The topological polar surface area (TPSA) is 81.1 Å². The normalized spacial score (nSPS) is 13.7. The van der Waals surface area contributed by atoms with E-state index in [1.807, 2.05) is 27.8 Å². The largest absolute Gasteiger partial charge is 0.480 e. The molecule has 0 radical (unpaired) electrons. The predicted octanol–water partition coefficient (Wildman–Crippen LogP) is 1.81. The van der Waals surface area contributed by atoms with Crippen molar-refractivity contribution in [2.75, 3.05) is 0 Å². The van der Waals surface area contributed by atoms with Crippen LogP contribution >= 0.6 is 23.4 Å². The van der Waals surface area contributed by atoms with E-state index in [4.69, 9.17) is 22.4 Å². The van der Waals surface area contributed by atoms with Crippen LogP contribution in [0.1, 0.15) is 25.2 Å².